The normalized spacial score (nSPS) is 15.0. The summed E-state index contributed by atoms with van der Waals surface area (Å²) in [6.45, 7) is 2.06. The van der Waals surface area contributed by atoms with E-state index in [1.165, 1.54) is 19.1 Å². The smallest absolute Gasteiger partial charge is 0.296 e. The summed E-state index contributed by atoms with van der Waals surface area (Å²) in [5, 5.41) is 20.8. The van der Waals surface area contributed by atoms with Crippen LogP contribution in [0.3, 0.4) is 0 Å². The highest BCUT2D eigenvalue weighted by Gasteiger charge is 2.47. The van der Waals surface area contributed by atoms with Gasteiger partial charge in [0.05, 0.1) is 25.8 Å². The van der Waals surface area contributed by atoms with E-state index < -0.39 is 23.5 Å². The van der Waals surface area contributed by atoms with Crippen LogP contribution in [0.25, 0.3) is 11.0 Å². The quantitative estimate of drug-likeness (QED) is 0.209. The number of hydrogen-bond acceptors (Lipinski definition) is 10. The Labute approximate surface area is 244 Å². The van der Waals surface area contributed by atoms with Gasteiger partial charge in [-0.3, -0.25) is 14.5 Å². The molecule has 1 atom stereocenters. The molecule has 0 saturated carbocycles. The third kappa shape index (κ3) is 4.73. The minimum atomic E-state index is -1.05. The SMILES string of the molecule is COc1cc(C2C(C(=O)c3cc4cccc(OC)c4o3)=C(O)C(=O)N2c2nnc(C)s2)ccc1OCc1ccccc1. The molecule has 0 saturated heterocycles. The molecular weight excluding hydrogens is 558 g/mol. The molecule has 1 unspecified atom stereocenters. The van der Waals surface area contributed by atoms with Crippen molar-refractivity contribution in [3.05, 3.63) is 106 Å². The van der Waals surface area contributed by atoms with Crippen LogP contribution in [0.1, 0.15) is 32.7 Å². The highest BCUT2D eigenvalue weighted by molar-refractivity contribution is 7.15. The number of carbonyl (C=O) groups excluding carboxylic acids is 2. The number of anilines is 1. The fourth-order valence-corrected chi connectivity index (χ4v) is 5.60. The van der Waals surface area contributed by atoms with Crippen LogP contribution in [0, 0.1) is 6.92 Å². The molecule has 1 aliphatic rings. The Hall–Kier alpha value is -5.16. The molecule has 212 valence electrons. The Kier molecular flexibility index (Phi) is 7.09. The van der Waals surface area contributed by atoms with E-state index in [0.717, 1.165) is 16.9 Å². The average molecular weight is 584 g/mol. The van der Waals surface area contributed by atoms with E-state index in [1.807, 2.05) is 30.3 Å². The molecule has 3 aromatic carbocycles. The Morgan fingerprint density at radius 1 is 0.976 bits per heavy atom. The predicted molar refractivity (Wildman–Crippen MR) is 155 cm³/mol. The molecule has 0 radical (unpaired) electrons. The summed E-state index contributed by atoms with van der Waals surface area (Å²) in [5.74, 6) is -0.889. The van der Waals surface area contributed by atoms with Gasteiger partial charge in [0, 0.05) is 5.39 Å². The lowest BCUT2D eigenvalue weighted by Crippen LogP contribution is -2.31. The highest BCUT2D eigenvalue weighted by Crippen LogP contribution is 2.45. The van der Waals surface area contributed by atoms with Crippen LogP contribution in [-0.4, -0.2) is 41.2 Å². The molecule has 1 aliphatic heterocycles. The van der Waals surface area contributed by atoms with Crippen molar-refractivity contribution in [1.29, 1.82) is 0 Å². The first-order chi connectivity index (χ1) is 20.4. The van der Waals surface area contributed by atoms with Gasteiger partial charge in [-0.1, -0.05) is 59.9 Å². The van der Waals surface area contributed by atoms with Crippen LogP contribution in [0.5, 0.6) is 17.2 Å². The van der Waals surface area contributed by atoms with E-state index >= 15 is 0 Å². The van der Waals surface area contributed by atoms with Gasteiger partial charge >= 0.3 is 0 Å². The molecule has 0 bridgehead atoms. The first kappa shape index (κ1) is 27.0. The summed E-state index contributed by atoms with van der Waals surface area (Å²) in [7, 11) is 3.00. The van der Waals surface area contributed by atoms with E-state index in [9.17, 15) is 14.7 Å². The number of nitrogens with zero attached hydrogens (tertiary/aromatic N) is 3. The number of para-hydroxylation sites is 1. The number of ketones is 1. The molecule has 1 N–H and O–H groups in total. The van der Waals surface area contributed by atoms with Gasteiger partial charge in [0.15, 0.2) is 34.4 Å². The molecular formula is C31H25N3O7S. The van der Waals surface area contributed by atoms with Crippen molar-refractivity contribution in [2.45, 2.75) is 19.6 Å². The summed E-state index contributed by atoms with van der Waals surface area (Å²) in [5.41, 5.74) is 1.68. The number of rotatable bonds is 9. The van der Waals surface area contributed by atoms with Gasteiger partial charge in [-0.05, 0) is 42.3 Å². The number of hydrogen-bond donors (Lipinski definition) is 1. The van der Waals surface area contributed by atoms with Gasteiger partial charge in [0.25, 0.3) is 5.91 Å². The van der Waals surface area contributed by atoms with Gasteiger partial charge < -0.3 is 23.7 Å². The zero-order chi connectivity index (χ0) is 29.4. The van der Waals surface area contributed by atoms with Gasteiger partial charge in [-0.15, -0.1) is 10.2 Å². The molecule has 1 amide bonds. The maximum absolute atomic E-state index is 14.0. The van der Waals surface area contributed by atoms with Crippen molar-refractivity contribution in [1.82, 2.24) is 10.2 Å². The average Bonchev–Trinajstić information content (AvgIpc) is 3.72. The number of methoxy groups -OCH3 is 2. The number of carbonyl (C=O) groups is 2. The van der Waals surface area contributed by atoms with Crippen molar-refractivity contribution in [2.24, 2.45) is 0 Å². The minimum Gasteiger partial charge on any atom is -0.503 e. The monoisotopic (exact) mass is 583 g/mol. The topological polar surface area (TPSA) is 124 Å². The van der Waals surface area contributed by atoms with Gasteiger partial charge in [0.2, 0.25) is 10.9 Å². The number of furan rings is 1. The molecule has 3 heterocycles. The van der Waals surface area contributed by atoms with Crippen LogP contribution in [0.4, 0.5) is 5.13 Å². The Morgan fingerprint density at radius 3 is 2.48 bits per heavy atom. The van der Waals surface area contributed by atoms with E-state index in [0.29, 0.717) is 45.4 Å². The van der Waals surface area contributed by atoms with Crippen LogP contribution >= 0.6 is 11.3 Å². The fourth-order valence-electron chi connectivity index (χ4n) is 4.88. The zero-order valence-electron chi connectivity index (χ0n) is 22.9. The summed E-state index contributed by atoms with van der Waals surface area (Å²) in [4.78, 5) is 28.8. The van der Waals surface area contributed by atoms with Crippen molar-refractivity contribution in [2.75, 3.05) is 19.1 Å². The van der Waals surface area contributed by atoms with Crippen molar-refractivity contribution >= 4 is 39.1 Å². The number of aryl methyl sites for hydroxylation is 1. The van der Waals surface area contributed by atoms with Gasteiger partial charge in [-0.2, -0.15) is 0 Å². The minimum absolute atomic E-state index is 0.0566. The fraction of sp³-hybridized carbons (Fsp3) is 0.161. The third-order valence-electron chi connectivity index (χ3n) is 6.87. The van der Waals surface area contributed by atoms with E-state index in [-0.39, 0.29) is 16.5 Å². The summed E-state index contributed by atoms with van der Waals surface area (Å²) in [6.07, 6.45) is 0. The predicted octanol–water partition coefficient (Wildman–Crippen LogP) is 5.97. The van der Waals surface area contributed by atoms with E-state index in [2.05, 4.69) is 10.2 Å². The van der Waals surface area contributed by atoms with Gasteiger partial charge in [0.1, 0.15) is 11.6 Å². The standard InChI is InChI=1S/C31H25N3O7S/c1-17-32-33-31(42-17)34-26(19-12-13-21(23(14-19)39-3)40-16-18-8-5-4-6-9-18)25(28(36)30(34)37)27(35)24-15-20-10-7-11-22(38-2)29(20)41-24/h4-15,26,36H,16H2,1-3H3. The van der Waals surface area contributed by atoms with E-state index in [1.54, 1.807) is 49.4 Å². The number of aliphatic hydroxyl groups is 1. The zero-order valence-corrected chi connectivity index (χ0v) is 23.7. The second-order valence-electron chi connectivity index (χ2n) is 9.45. The van der Waals surface area contributed by atoms with Crippen molar-refractivity contribution in [3.8, 4) is 17.2 Å². The Morgan fingerprint density at radius 2 is 1.76 bits per heavy atom. The largest absolute Gasteiger partial charge is 0.503 e. The number of aliphatic hydroxyl groups excluding tert-OH is 1. The molecule has 0 aliphatic carbocycles. The van der Waals surface area contributed by atoms with Crippen LogP contribution < -0.4 is 19.1 Å². The number of fused-ring (bicyclic) bond motifs is 1. The molecule has 11 heteroatoms. The molecule has 5 aromatic rings. The van der Waals surface area contributed by atoms with E-state index in [4.69, 9.17) is 18.6 Å². The first-order valence-corrected chi connectivity index (χ1v) is 13.7. The van der Waals surface area contributed by atoms with Crippen molar-refractivity contribution in [3.63, 3.8) is 0 Å². The molecule has 10 nitrogen and oxygen atoms in total. The number of benzene rings is 3. The maximum Gasteiger partial charge on any atom is 0.296 e. The molecule has 0 spiro atoms. The molecule has 42 heavy (non-hydrogen) atoms. The molecule has 0 fully saturated rings. The Balaban J connectivity index is 1.43. The second kappa shape index (κ2) is 11.0. The number of amides is 1. The Bertz CT molecular complexity index is 1840. The first-order valence-electron chi connectivity index (χ1n) is 12.9. The molecule has 6 rings (SSSR count). The van der Waals surface area contributed by atoms with Gasteiger partial charge in [-0.25, -0.2) is 0 Å². The number of ether oxygens (including phenoxy) is 3. The van der Waals surface area contributed by atoms with Crippen LogP contribution in [0.2, 0.25) is 0 Å². The summed E-state index contributed by atoms with van der Waals surface area (Å²) < 4.78 is 22.9. The second-order valence-corrected chi connectivity index (χ2v) is 10.6. The van der Waals surface area contributed by atoms with Crippen LogP contribution in [0.15, 0.2) is 88.5 Å². The lowest BCUT2D eigenvalue weighted by Gasteiger charge is -2.24. The number of aromatic nitrogens is 2. The van der Waals surface area contributed by atoms with Crippen molar-refractivity contribution < 1.29 is 33.3 Å². The summed E-state index contributed by atoms with van der Waals surface area (Å²) in [6, 6.07) is 20.5. The maximum atomic E-state index is 14.0. The lowest BCUT2D eigenvalue weighted by atomic mass is 9.95. The number of Topliss-reactive ketones (excluding diaryl/α,β-unsaturated/α-hetero) is 1. The summed E-state index contributed by atoms with van der Waals surface area (Å²) >= 11 is 1.16. The molecule has 2 aromatic heterocycles. The lowest BCUT2D eigenvalue weighted by molar-refractivity contribution is -0.117. The third-order valence-corrected chi connectivity index (χ3v) is 7.70. The van der Waals surface area contributed by atoms with Crippen LogP contribution in [-0.2, 0) is 11.4 Å². The highest BCUT2D eigenvalue weighted by atomic mass is 32.1.